The van der Waals surface area contributed by atoms with Gasteiger partial charge >= 0.3 is 5.97 Å². The average Bonchev–Trinajstić information content (AvgIpc) is 2.70. The van der Waals surface area contributed by atoms with Crippen LogP contribution in [-0.2, 0) is 0 Å². The Kier molecular flexibility index (Phi) is 5.91. The number of hydrazone groups is 1. The molecule has 0 unspecified atom stereocenters. The molecule has 0 aliphatic rings. The minimum Gasteiger partial charge on any atom is -0.423 e. The van der Waals surface area contributed by atoms with Crippen molar-refractivity contribution in [1.82, 2.24) is 5.43 Å². The minimum absolute atomic E-state index is 0.132. The number of nitrogens with zero attached hydrogens (tertiary/aromatic N) is 1. The Morgan fingerprint density at radius 1 is 0.964 bits per heavy atom. The van der Waals surface area contributed by atoms with E-state index in [4.69, 9.17) is 4.74 Å². The third-order valence-electron chi connectivity index (χ3n) is 3.88. The van der Waals surface area contributed by atoms with Crippen LogP contribution < -0.4 is 10.2 Å². The molecule has 1 amide bonds. The monoisotopic (exact) mass is 376 g/mol. The first-order chi connectivity index (χ1) is 13.5. The van der Waals surface area contributed by atoms with Crippen LogP contribution in [0.25, 0.3) is 0 Å². The summed E-state index contributed by atoms with van der Waals surface area (Å²) in [5, 5.41) is 3.91. The third kappa shape index (κ3) is 4.88. The summed E-state index contributed by atoms with van der Waals surface area (Å²) in [5.41, 5.74) is 4.58. The molecule has 0 atom stereocenters. The highest BCUT2D eigenvalue weighted by atomic mass is 19.1. The number of nitrogens with one attached hydrogen (secondary N) is 1. The number of benzene rings is 3. The van der Waals surface area contributed by atoms with Crippen LogP contribution in [0.2, 0.25) is 0 Å². The molecule has 0 fully saturated rings. The molecule has 3 aromatic carbocycles. The van der Waals surface area contributed by atoms with Crippen molar-refractivity contribution in [3.05, 3.63) is 101 Å². The van der Waals surface area contributed by atoms with Crippen molar-refractivity contribution in [2.24, 2.45) is 5.10 Å². The van der Waals surface area contributed by atoms with E-state index in [9.17, 15) is 14.0 Å². The smallest absolute Gasteiger partial charge is 0.346 e. The van der Waals surface area contributed by atoms with E-state index in [-0.39, 0.29) is 17.2 Å². The third-order valence-corrected chi connectivity index (χ3v) is 3.88. The van der Waals surface area contributed by atoms with Crippen molar-refractivity contribution in [2.45, 2.75) is 6.92 Å². The number of amides is 1. The van der Waals surface area contributed by atoms with E-state index >= 15 is 0 Å². The molecule has 0 saturated heterocycles. The fraction of sp³-hybridized carbons (Fsp3) is 0.0455. The molecule has 3 aromatic rings. The molecule has 0 aromatic heterocycles. The van der Waals surface area contributed by atoms with Crippen molar-refractivity contribution >= 4 is 18.1 Å². The Morgan fingerprint density at radius 3 is 2.32 bits per heavy atom. The van der Waals surface area contributed by atoms with Crippen molar-refractivity contribution in [2.75, 3.05) is 0 Å². The maximum atomic E-state index is 13.6. The molecule has 1 N–H and O–H groups in total. The second-order valence-corrected chi connectivity index (χ2v) is 6.00. The van der Waals surface area contributed by atoms with Gasteiger partial charge in [0.1, 0.15) is 11.6 Å². The average molecular weight is 376 g/mol. The number of hydrogen-bond acceptors (Lipinski definition) is 4. The summed E-state index contributed by atoms with van der Waals surface area (Å²) in [6.07, 6.45) is 1.47. The first kappa shape index (κ1) is 19.0. The van der Waals surface area contributed by atoms with Crippen LogP contribution in [0.5, 0.6) is 5.75 Å². The summed E-state index contributed by atoms with van der Waals surface area (Å²) in [6.45, 7) is 1.94. The topological polar surface area (TPSA) is 67.8 Å². The molecule has 0 spiro atoms. The summed E-state index contributed by atoms with van der Waals surface area (Å²) in [6, 6.07) is 19.2. The van der Waals surface area contributed by atoms with Gasteiger partial charge in [0.25, 0.3) is 5.91 Å². The van der Waals surface area contributed by atoms with Gasteiger partial charge in [-0.05, 0) is 61.0 Å². The predicted octanol–water partition coefficient (Wildman–Crippen LogP) is 4.12. The highest BCUT2D eigenvalue weighted by Crippen LogP contribution is 2.15. The Morgan fingerprint density at radius 2 is 1.64 bits per heavy atom. The van der Waals surface area contributed by atoms with E-state index in [0.717, 1.165) is 5.56 Å². The lowest BCUT2D eigenvalue weighted by molar-refractivity contribution is 0.0729. The lowest BCUT2D eigenvalue weighted by Gasteiger charge is -2.05. The first-order valence-electron chi connectivity index (χ1n) is 8.50. The molecule has 5 nitrogen and oxygen atoms in total. The molecule has 0 bridgehead atoms. The second-order valence-electron chi connectivity index (χ2n) is 6.00. The standard InChI is InChI=1S/C22H17FN2O3/c1-15-6-10-17(11-7-15)21(26)25-24-14-16-8-12-18(13-9-16)28-22(27)19-4-2-3-5-20(19)23/h2-14H,1H3,(H,25,26)/b24-14-. The van der Waals surface area contributed by atoms with Gasteiger partial charge < -0.3 is 4.74 Å². The maximum Gasteiger partial charge on any atom is 0.346 e. The van der Waals surface area contributed by atoms with E-state index in [2.05, 4.69) is 10.5 Å². The molecule has 0 saturated carbocycles. The molecule has 0 radical (unpaired) electrons. The molecule has 140 valence electrons. The van der Waals surface area contributed by atoms with Gasteiger partial charge in [0.15, 0.2) is 0 Å². The molecule has 3 rings (SSSR count). The summed E-state index contributed by atoms with van der Waals surface area (Å²) >= 11 is 0. The molecule has 0 heterocycles. The molecular formula is C22H17FN2O3. The van der Waals surface area contributed by atoms with Crippen LogP contribution >= 0.6 is 0 Å². The van der Waals surface area contributed by atoms with Crippen LogP contribution in [0.3, 0.4) is 0 Å². The molecular weight excluding hydrogens is 359 g/mol. The second kappa shape index (κ2) is 8.73. The number of hydrogen-bond donors (Lipinski definition) is 1. The van der Waals surface area contributed by atoms with Crippen molar-refractivity contribution in [1.29, 1.82) is 0 Å². The summed E-state index contributed by atoms with van der Waals surface area (Å²) in [5.74, 6) is -1.45. The Hall–Kier alpha value is -3.80. The van der Waals surface area contributed by atoms with Gasteiger partial charge in [-0.15, -0.1) is 0 Å². The first-order valence-corrected chi connectivity index (χ1v) is 8.50. The molecule has 0 aliphatic carbocycles. The van der Waals surface area contributed by atoms with Crippen molar-refractivity contribution in [3.8, 4) is 5.75 Å². The normalized spacial score (nSPS) is 10.6. The number of carbonyl (C=O) groups is 2. The zero-order valence-electron chi connectivity index (χ0n) is 15.1. The van der Waals surface area contributed by atoms with Gasteiger partial charge in [0.2, 0.25) is 0 Å². The van der Waals surface area contributed by atoms with Gasteiger partial charge in [0, 0.05) is 5.56 Å². The number of ether oxygens (including phenoxy) is 1. The lowest BCUT2D eigenvalue weighted by Crippen LogP contribution is -2.17. The minimum atomic E-state index is -0.773. The van der Waals surface area contributed by atoms with Crippen molar-refractivity contribution in [3.63, 3.8) is 0 Å². The summed E-state index contributed by atoms with van der Waals surface area (Å²) in [7, 11) is 0. The van der Waals surface area contributed by atoms with E-state index in [0.29, 0.717) is 11.1 Å². The van der Waals surface area contributed by atoms with Gasteiger partial charge in [0.05, 0.1) is 11.8 Å². The van der Waals surface area contributed by atoms with Crippen LogP contribution in [0, 0.1) is 12.7 Å². The quantitative estimate of drug-likeness (QED) is 0.315. The van der Waals surface area contributed by atoms with E-state index in [1.807, 2.05) is 19.1 Å². The highest BCUT2D eigenvalue weighted by molar-refractivity contribution is 5.95. The number of halogens is 1. The number of rotatable bonds is 5. The van der Waals surface area contributed by atoms with Gasteiger partial charge in [-0.2, -0.15) is 5.10 Å². The van der Waals surface area contributed by atoms with Gasteiger partial charge in [-0.1, -0.05) is 29.8 Å². The fourth-order valence-corrected chi connectivity index (χ4v) is 2.35. The predicted molar refractivity (Wildman–Crippen MR) is 104 cm³/mol. The van der Waals surface area contributed by atoms with Crippen LogP contribution in [-0.4, -0.2) is 18.1 Å². The summed E-state index contributed by atoms with van der Waals surface area (Å²) < 4.78 is 18.8. The summed E-state index contributed by atoms with van der Waals surface area (Å²) in [4.78, 5) is 24.0. The van der Waals surface area contributed by atoms with E-state index < -0.39 is 11.8 Å². The van der Waals surface area contributed by atoms with E-state index in [1.165, 1.54) is 24.4 Å². The largest absolute Gasteiger partial charge is 0.423 e. The number of esters is 1. The van der Waals surface area contributed by atoms with Gasteiger partial charge in [-0.3, -0.25) is 4.79 Å². The fourth-order valence-electron chi connectivity index (χ4n) is 2.35. The SMILES string of the molecule is Cc1ccc(C(=O)N/N=C\c2ccc(OC(=O)c3ccccc3F)cc2)cc1. The van der Waals surface area contributed by atoms with Crippen molar-refractivity contribution < 1.29 is 18.7 Å². The zero-order chi connectivity index (χ0) is 19.9. The van der Waals surface area contributed by atoms with Gasteiger partial charge in [-0.25, -0.2) is 14.6 Å². The van der Waals surface area contributed by atoms with E-state index in [1.54, 1.807) is 42.5 Å². The number of carbonyl (C=O) groups excluding carboxylic acids is 2. The van der Waals surface area contributed by atoms with Crippen LogP contribution in [0.4, 0.5) is 4.39 Å². The molecule has 0 aliphatic heterocycles. The van der Waals surface area contributed by atoms with Crippen LogP contribution in [0.15, 0.2) is 77.9 Å². The maximum absolute atomic E-state index is 13.6. The highest BCUT2D eigenvalue weighted by Gasteiger charge is 2.13. The Balaban J connectivity index is 1.57. The Bertz CT molecular complexity index is 1010. The van der Waals surface area contributed by atoms with Crippen LogP contribution in [0.1, 0.15) is 31.8 Å². The zero-order valence-corrected chi connectivity index (χ0v) is 15.1. The Labute approximate surface area is 161 Å². The molecule has 6 heteroatoms. The number of aryl methyl sites for hydroxylation is 1. The molecule has 28 heavy (non-hydrogen) atoms. The lowest BCUT2D eigenvalue weighted by atomic mass is 10.1.